The van der Waals surface area contributed by atoms with Gasteiger partial charge in [-0.1, -0.05) is 29.8 Å². The maximum Gasteiger partial charge on any atom is 0.243 e. The van der Waals surface area contributed by atoms with Crippen molar-refractivity contribution in [1.29, 1.82) is 0 Å². The van der Waals surface area contributed by atoms with Gasteiger partial charge >= 0.3 is 0 Å². The Labute approximate surface area is 152 Å². The largest absolute Gasteiger partial charge is 0.326 e. The van der Waals surface area contributed by atoms with Crippen molar-refractivity contribution in [2.24, 2.45) is 5.92 Å². The molecule has 1 fully saturated rings. The highest BCUT2D eigenvalue weighted by atomic mass is 35.5. The molecule has 1 unspecified atom stereocenters. The molecule has 0 radical (unpaired) electrons. The molecule has 132 valence electrons. The van der Waals surface area contributed by atoms with Crippen LogP contribution in [0.4, 0.5) is 5.69 Å². The summed E-state index contributed by atoms with van der Waals surface area (Å²) in [6, 6.07) is 15.2. The zero-order chi connectivity index (χ0) is 17.9. The zero-order valence-electron chi connectivity index (χ0n) is 13.6. The molecule has 1 saturated heterocycles. The number of sulfonamides is 1. The fraction of sp³-hybridized carbons (Fsp3) is 0.278. The van der Waals surface area contributed by atoms with Gasteiger partial charge in [-0.25, -0.2) is 8.42 Å². The van der Waals surface area contributed by atoms with Crippen LogP contribution in [0, 0.1) is 5.92 Å². The van der Waals surface area contributed by atoms with Crippen molar-refractivity contribution in [1.82, 2.24) is 4.31 Å². The third-order valence-electron chi connectivity index (χ3n) is 4.25. The normalized spacial score (nSPS) is 18.7. The number of hydrogen-bond acceptors (Lipinski definition) is 3. The minimum absolute atomic E-state index is 0.171. The standard InChI is InChI=1S/C18H19ClN2O3S/c19-15-8-10-16(11-9-15)20-18(22)14-5-4-12-21(13-14)25(23,24)17-6-2-1-3-7-17/h1-3,6-11,14H,4-5,12-13H2,(H,20,22). The molecule has 1 amide bonds. The van der Waals surface area contributed by atoms with E-state index in [1.165, 1.54) is 4.31 Å². The van der Waals surface area contributed by atoms with Gasteiger partial charge in [0, 0.05) is 23.8 Å². The van der Waals surface area contributed by atoms with Gasteiger partial charge in [0.15, 0.2) is 0 Å². The van der Waals surface area contributed by atoms with Gasteiger partial charge in [0.05, 0.1) is 10.8 Å². The van der Waals surface area contributed by atoms with Crippen LogP contribution in [0.5, 0.6) is 0 Å². The summed E-state index contributed by atoms with van der Waals surface area (Å²) in [7, 11) is -3.57. The summed E-state index contributed by atoms with van der Waals surface area (Å²) < 4.78 is 26.9. The Hall–Kier alpha value is -1.89. The van der Waals surface area contributed by atoms with Gasteiger partial charge in [0.25, 0.3) is 0 Å². The summed E-state index contributed by atoms with van der Waals surface area (Å²) in [5, 5.41) is 3.42. The molecule has 0 aliphatic carbocycles. The highest BCUT2D eigenvalue weighted by Crippen LogP contribution is 2.25. The number of anilines is 1. The number of carbonyl (C=O) groups is 1. The van der Waals surface area contributed by atoms with E-state index in [0.29, 0.717) is 30.1 Å². The molecule has 25 heavy (non-hydrogen) atoms. The molecule has 7 heteroatoms. The van der Waals surface area contributed by atoms with E-state index in [1.807, 2.05) is 0 Å². The van der Waals surface area contributed by atoms with Crippen LogP contribution in [0.2, 0.25) is 5.02 Å². The average molecular weight is 379 g/mol. The Balaban J connectivity index is 1.70. The predicted molar refractivity (Wildman–Crippen MR) is 98.0 cm³/mol. The first kappa shape index (κ1) is 17.9. The molecule has 2 aromatic carbocycles. The quantitative estimate of drug-likeness (QED) is 0.886. The first-order valence-electron chi connectivity index (χ1n) is 8.08. The number of piperidine rings is 1. The molecule has 2 aromatic rings. The SMILES string of the molecule is O=C(Nc1ccc(Cl)cc1)C1CCCN(S(=O)(=O)c2ccccc2)C1. The summed E-state index contributed by atoms with van der Waals surface area (Å²) >= 11 is 5.84. The van der Waals surface area contributed by atoms with E-state index < -0.39 is 10.0 Å². The molecule has 1 N–H and O–H groups in total. The van der Waals surface area contributed by atoms with Crippen molar-refractivity contribution in [3.8, 4) is 0 Å². The lowest BCUT2D eigenvalue weighted by molar-refractivity contribution is -0.120. The highest BCUT2D eigenvalue weighted by molar-refractivity contribution is 7.89. The van der Waals surface area contributed by atoms with Crippen molar-refractivity contribution in [2.45, 2.75) is 17.7 Å². The van der Waals surface area contributed by atoms with Gasteiger partial charge in [0.2, 0.25) is 15.9 Å². The Kier molecular flexibility index (Phi) is 5.42. The second-order valence-corrected chi connectivity index (χ2v) is 8.39. The molecule has 0 spiro atoms. The number of hydrogen-bond donors (Lipinski definition) is 1. The highest BCUT2D eigenvalue weighted by Gasteiger charge is 2.33. The summed E-state index contributed by atoms with van der Waals surface area (Å²) in [5.41, 5.74) is 0.650. The molecule has 0 bridgehead atoms. The third kappa shape index (κ3) is 4.21. The van der Waals surface area contributed by atoms with E-state index in [-0.39, 0.29) is 23.3 Å². The number of halogens is 1. The lowest BCUT2D eigenvalue weighted by Gasteiger charge is -2.31. The number of benzene rings is 2. The van der Waals surface area contributed by atoms with Crippen LogP contribution in [-0.2, 0) is 14.8 Å². The maximum atomic E-state index is 12.7. The summed E-state index contributed by atoms with van der Waals surface area (Å²) in [6.45, 7) is 0.624. The molecule has 0 aromatic heterocycles. The average Bonchev–Trinajstić information content (AvgIpc) is 2.64. The second kappa shape index (κ2) is 7.56. The van der Waals surface area contributed by atoms with Crippen LogP contribution in [0.1, 0.15) is 12.8 Å². The summed E-state index contributed by atoms with van der Waals surface area (Å²) in [4.78, 5) is 12.8. The van der Waals surface area contributed by atoms with Crippen molar-refractivity contribution in [3.63, 3.8) is 0 Å². The molecule has 5 nitrogen and oxygen atoms in total. The summed E-state index contributed by atoms with van der Waals surface area (Å²) in [5.74, 6) is -0.543. The van der Waals surface area contributed by atoms with Crippen molar-refractivity contribution in [3.05, 3.63) is 59.6 Å². The van der Waals surface area contributed by atoms with E-state index in [1.54, 1.807) is 54.6 Å². The van der Waals surface area contributed by atoms with Crippen LogP contribution in [0.3, 0.4) is 0 Å². The van der Waals surface area contributed by atoms with Gasteiger partial charge < -0.3 is 5.32 Å². The lowest BCUT2D eigenvalue weighted by atomic mass is 9.99. The van der Waals surface area contributed by atoms with Crippen LogP contribution in [0.25, 0.3) is 0 Å². The monoisotopic (exact) mass is 378 g/mol. The Morgan fingerprint density at radius 2 is 1.76 bits per heavy atom. The van der Waals surface area contributed by atoms with Crippen LogP contribution < -0.4 is 5.32 Å². The zero-order valence-corrected chi connectivity index (χ0v) is 15.1. The van der Waals surface area contributed by atoms with E-state index >= 15 is 0 Å². The Morgan fingerprint density at radius 1 is 1.08 bits per heavy atom. The first-order chi connectivity index (χ1) is 12.0. The van der Waals surface area contributed by atoms with Gasteiger partial charge in [-0.2, -0.15) is 4.31 Å². The van der Waals surface area contributed by atoms with Gasteiger partial charge in [-0.15, -0.1) is 0 Å². The van der Waals surface area contributed by atoms with Gasteiger partial charge in [-0.05, 0) is 49.2 Å². The van der Waals surface area contributed by atoms with Crippen molar-refractivity contribution in [2.75, 3.05) is 18.4 Å². The van der Waals surface area contributed by atoms with Crippen molar-refractivity contribution < 1.29 is 13.2 Å². The van der Waals surface area contributed by atoms with Crippen LogP contribution >= 0.6 is 11.6 Å². The van der Waals surface area contributed by atoms with Gasteiger partial charge in [-0.3, -0.25) is 4.79 Å². The molecule has 1 heterocycles. The van der Waals surface area contributed by atoms with E-state index in [4.69, 9.17) is 11.6 Å². The fourth-order valence-electron chi connectivity index (χ4n) is 2.89. The van der Waals surface area contributed by atoms with Crippen molar-refractivity contribution >= 4 is 33.2 Å². The Bertz CT molecular complexity index is 838. The summed E-state index contributed by atoms with van der Waals surface area (Å²) in [6.07, 6.45) is 1.32. The van der Waals surface area contributed by atoms with Gasteiger partial charge in [0.1, 0.15) is 0 Å². The number of amides is 1. The molecule has 1 aliphatic heterocycles. The van der Waals surface area contributed by atoms with Crippen LogP contribution in [0.15, 0.2) is 59.5 Å². The maximum absolute atomic E-state index is 12.7. The predicted octanol–water partition coefficient (Wildman–Crippen LogP) is 3.38. The van der Waals surface area contributed by atoms with E-state index in [2.05, 4.69) is 5.32 Å². The topological polar surface area (TPSA) is 66.5 Å². The molecule has 0 saturated carbocycles. The number of rotatable bonds is 4. The van der Waals surface area contributed by atoms with E-state index in [0.717, 1.165) is 0 Å². The first-order valence-corrected chi connectivity index (χ1v) is 9.90. The lowest BCUT2D eigenvalue weighted by Crippen LogP contribution is -2.43. The number of nitrogens with one attached hydrogen (secondary N) is 1. The molecule has 1 aliphatic rings. The molecular formula is C18H19ClN2O3S. The third-order valence-corrected chi connectivity index (χ3v) is 6.38. The molecular weight excluding hydrogens is 360 g/mol. The number of carbonyl (C=O) groups excluding carboxylic acids is 1. The molecule has 1 atom stereocenters. The molecule has 3 rings (SSSR count). The minimum Gasteiger partial charge on any atom is -0.326 e. The van der Waals surface area contributed by atoms with E-state index in [9.17, 15) is 13.2 Å². The Morgan fingerprint density at radius 3 is 2.44 bits per heavy atom. The number of nitrogens with zero attached hydrogens (tertiary/aromatic N) is 1. The smallest absolute Gasteiger partial charge is 0.243 e. The fourth-order valence-corrected chi connectivity index (χ4v) is 4.56. The minimum atomic E-state index is -3.57. The van der Waals surface area contributed by atoms with Crippen LogP contribution in [-0.4, -0.2) is 31.7 Å². The second-order valence-electron chi connectivity index (χ2n) is 6.01.